The maximum atomic E-state index is 6.67. The highest BCUT2D eigenvalue weighted by atomic mass is 16.3. The second kappa shape index (κ2) is 13.4. The van der Waals surface area contributed by atoms with Crippen LogP contribution in [0.15, 0.2) is 221 Å². The van der Waals surface area contributed by atoms with Gasteiger partial charge >= 0.3 is 0 Å². The Kier molecular flexibility index (Phi) is 7.54. The van der Waals surface area contributed by atoms with Crippen LogP contribution in [0.25, 0.3) is 98.8 Å². The van der Waals surface area contributed by atoms with Crippen LogP contribution < -0.4 is 4.90 Å². The van der Waals surface area contributed by atoms with Crippen LogP contribution in [0, 0.1) is 0 Å². The Hall–Kier alpha value is -7.88. The minimum absolute atomic E-state index is 0.875. The van der Waals surface area contributed by atoms with E-state index in [9.17, 15) is 0 Å². The van der Waals surface area contributed by atoms with Crippen molar-refractivity contribution in [2.75, 3.05) is 4.90 Å². The summed E-state index contributed by atoms with van der Waals surface area (Å²) in [7, 11) is 0. The number of rotatable bonds is 6. The molecule has 12 rings (SSSR count). The van der Waals surface area contributed by atoms with Crippen LogP contribution in [0.2, 0.25) is 0 Å². The topological polar surface area (TPSA) is 29.5 Å². The molecule has 59 heavy (non-hydrogen) atoms. The van der Waals surface area contributed by atoms with E-state index in [0.29, 0.717) is 0 Å². The third kappa shape index (κ3) is 5.51. The van der Waals surface area contributed by atoms with Gasteiger partial charge in [0, 0.05) is 38.5 Å². The summed E-state index contributed by atoms with van der Waals surface area (Å²) in [5.74, 6) is 0. The van der Waals surface area contributed by atoms with Gasteiger partial charge in [-0.25, -0.2) is 0 Å². The number of para-hydroxylation sites is 2. The lowest BCUT2D eigenvalue weighted by molar-refractivity contribution is 0.670. The SMILES string of the molecule is c1ccc(-c2cccc3c2oc2ccc(-c4ccc(N(c5ccc(-c6ccc7ccccc7c6)cc5)c5cc6ccccc6c6oc7ccccc7c56)cc4)cc23)cc1. The van der Waals surface area contributed by atoms with Gasteiger partial charge in [0.1, 0.15) is 22.3 Å². The van der Waals surface area contributed by atoms with Crippen LogP contribution in [0.4, 0.5) is 17.1 Å². The molecule has 0 saturated carbocycles. The molecule has 0 unspecified atom stereocenters. The second-order valence-corrected chi connectivity index (χ2v) is 15.3. The predicted octanol–water partition coefficient (Wildman–Crippen LogP) is 16.3. The van der Waals surface area contributed by atoms with Gasteiger partial charge in [-0.05, 0) is 98.6 Å². The predicted molar refractivity (Wildman–Crippen MR) is 247 cm³/mol. The van der Waals surface area contributed by atoms with E-state index in [2.05, 4.69) is 205 Å². The molecule has 0 aliphatic rings. The summed E-state index contributed by atoms with van der Waals surface area (Å²) < 4.78 is 13.2. The van der Waals surface area contributed by atoms with Crippen molar-refractivity contribution >= 4 is 82.5 Å². The van der Waals surface area contributed by atoms with Crippen molar-refractivity contribution in [2.45, 2.75) is 0 Å². The molecule has 0 bridgehead atoms. The molecule has 3 nitrogen and oxygen atoms in total. The monoisotopic (exact) mass is 753 g/mol. The Bertz CT molecular complexity index is 3540. The number of hydrogen-bond donors (Lipinski definition) is 0. The molecule has 10 aromatic carbocycles. The lowest BCUT2D eigenvalue weighted by atomic mass is 9.99. The van der Waals surface area contributed by atoms with E-state index in [4.69, 9.17) is 8.83 Å². The quantitative estimate of drug-likeness (QED) is 0.169. The Morgan fingerprint density at radius 1 is 0.305 bits per heavy atom. The Morgan fingerprint density at radius 3 is 1.66 bits per heavy atom. The van der Waals surface area contributed by atoms with Gasteiger partial charge in [-0.2, -0.15) is 0 Å². The lowest BCUT2D eigenvalue weighted by Crippen LogP contribution is -2.10. The van der Waals surface area contributed by atoms with Gasteiger partial charge in [0.05, 0.1) is 11.1 Å². The van der Waals surface area contributed by atoms with Crippen molar-refractivity contribution in [3.63, 3.8) is 0 Å². The fourth-order valence-electron chi connectivity index (χ4n) is 8.94. The van der Waals surface area contributed by atoms with Crippen LogP contribution in [-0.2, 0) is 0 Å². The van der Waals surface area contributed by atoms with E-state index in [1.165, 1.54) is 21.9 Å². The molecule has 2 aromatic heterocycles. The number of benzene rings is 10. The zero-order chi connectivity index (χ0) is 38.9. The van der Waals surface area contributed by atoms with Gasteiger partial charge in [0.2, 0.25) is 0 Å². The zero-order valence-corrected chi connectivity index (χ0v) is 32.0. The van der Waals surface area contributed by atoms with Crippen molar-refractivity contribution in [3.05, 3.63) is 212 Å². The van der Waals surface area contributed by atoms with Crippen LogP contribution in [0.5, 0.6) is 0 Å². The molecule has 0 spiro atoms. The Morgan fingerprint density at radius 2 is 0.881 bits per heavy atom. The van der Waals surface area contributed by atoms with Crippen molar-refractivity contribution in [1.29, 1.82) is 0 Å². The summed E-state index contributed by atoms with van der Waals surface area (Å²) in [6.07, 6.45) is 0. The second-order valence-electron chi connectivity index (χ2n) is 15.3. The first kappa shape index (κ1) is 33.3. The van der Waals surface area contributed by atoms with Gasteiger partial charge in [0.25, 0.3) is 0 Å². The van der Waals surface area contributed by atoms with Crippen molar-refractivity contribution in [1.82, 2.24) is 0 Å². The molecule has 0 fully saturated rings. The standard InChI is InChI=1S/C56H35NO2/c1-2-12-39(13-3-1)46-18-10-19-48-50-34-42(27-32-53(50)58-55(46)48)38-25-30-45(31-26-38)57(44-28-23-37(24-29-44)41-22-21-36-11-4-5-14-40(36)33-41)51-35-43-15-6-7-16-47(43)56-54(51)49-17-8-9-20-52(49)59-56/h1-35H. The Balaban J connectivity index is 1.00. The molecule has 0 atom stereocenters. The smallest absolute Gasteiger partial charge is 0.145 e. The molecular formula is C56H35NO2. The van der Waals surface area contributed by atoms with Crippen molar-refractivity contribution in [2.24, 2.45) is 0 Å². The van der Waals surface area contributed by atoms with Crippen LogP contribution in [0.1, 0.15) is 0 Å². The molecule has 3 heteroatoms. The molecule has 0 amide bonds. The Labute approximate surface area is 340 Å². The van der Waals surface area contributed by atoms with Gasteiger partial charge in [-0.3, -0.25) is 0 Å². The zero-order valence-electron chi connectivity index (χ0n) is 32.0. The highest BCUT2D eigenvalue weighted by Gasteiger charge is 2.22. The average Bonchev–Trinajstić information content (AvgIpc) is 3.89. The van der Waals surface area contributed by atoms with E-state index < -0.39 is 0 Å². The summed E-state index contributed by atoms with van der Waals surface area (Å²) in [6.45, 7) is 0. The minimum Gasteiger partial charge on any atom is -0.455 e. The minimum atomic E-state index is 0.875. The maximum Gasteiger partial charge on any atom is 0.145 e. The van der Waals surface area contributed by atoms with E-state index in [0.717, 1.165) is 94.0 Å². The van der Waals surface area contributed by atoms with Gasteiger partial charge < -0.3 is 13.7 Å². The van der Waals surface area contributed by atoms with Crippen LogP contribution >= 0.6 is 0 Å². The highest BCUT2D eigenvalue weighted by Crippen LogP contribution is 2.47. The number of nitrogens with zero attached hydrogens (tertiary/aromatic N) is 1. The number of fused-ring (bicyclic) bond motifs is 9. The van der Waals surface area contributed by atoms with Gasteiger partial charge in [0.15, 0.2) is 0 Å². The third-order valence-electron chi connectivity index (χ3n) is 11.8. The molecule has 0 saturated heterocycles. The first-order chi connectivity index (χ1) is 29.2. The number of furan rings is 2. The molecule has 0 aliphatic carbocycles. The van der Waals surface area contributed by atoms with Crippen molar-refractivity contribution in [3.8, 4) is 33.4 Å². The highest BCUT2D eigenvalue weighted by molar-refractivity contribution is 6.22. The molecule has 0 N–H and O–H groups in total. The average molecular weight is 754 g/mol. The fourth-order valence-corrected chi connectivity index (χ4v) is 8.94. The molecule has 276 valence electrons. The van der Waals surface area contributed by atoms with Gasteiger partial charge in [-0.1, -0.05) is 158 Å². The normalized spacial score (nSPS) is 11.7. The first-order valence-corrected chi connectivity index (χ1v) is 20.1. The summed E-state index contributed by atoms with van der Waals surface area (Å²) in [4.78, 5) is 2.38. The van der Waals surface area contributed by atoms with Crippen molar-refractivity contribution < 1.29 is 8.83 Å². The maximum absolute atomic E-state index is 6.67. The van der Waals surface area contributed by atoms with E-state index in [-0.39, 0.29) is 0 Å². The van der Waals surface area contributed by atoms with E-state index in [1.54, 1.807) is 0 Å². The van der Waals surface area contributed by atoms with E-state index in [1.807, 2.05) is 12.1 Å². The summed E-state index contributed by atoms with van der Waals surface area (Å²) in [6, 6.07) is 75.7. The molecular weight excluding hydrogens is 719 g/mol. The van der Waals surface area contributed by atoms with Crippen LogP contribution in [-0.4, -0.2) is 0 Å². The summed E-state index contributed by atoms with van der Waals surface area (Å²) in [5, 5.41) is 9.11. The largest absolute Gasteiger partial charge is 0.455 e. The summed E-state index contributed by atoms with van der Waals surface area (Å²) in [5.41, 5.74) is 13.6. The number of anilines is 3. The number of hydrogen-bond acceptors (Lipinski definition) is 3. The lowest BCUT2D eigenvalue weighted by Gasteiger charge is -2.27. The van der Waals surface area contributed by atoms with Crippen LogP contribution in [0.3, 0.4) is 0 Å². The molecule has 2 heterocycles. The van der Waals surface area contributed by atoms with E-state index >= 15 is 0 Å². The molecule has 0 radical (unpaired) electrons. The van der Waals surface area contributed by atoms with Gasteiger partial charge in [-0.15, -0.1) is 0 Å². The fraction of sp³-hybridized carbons (Fsp3) is 0. The molecule has 12 aromatic rings. The summed E-state index contributed by atoms with van der Waals surface area (Å²) >= 11 is 0. The molecule has 0 aliphatic heterocycles. The third-order valence-corrected chi connectivity index (χ3v) is 11.8. The first-order valence-electron chi connectivity index (χ1n) is 20.1.